The molecule has 0 radical (unpaired) electrons. The second kappa shape index (κ2) is 10.2. The van der Waals surface area contributed by atoms with Crippen LogP contribution in [0.15, 0.2) is 67.4 Å². The van der Waals surface area contributed by atoms with Crippen LogP contribution < -0.4 is 10.3 Å². The summed E-state index contributed by atoms with van der Waals surface area (Å²) in [7, 11) is 0. The van der Waals surface area contributed by atoms with E-state index in [4.69, 9.17) is 39.5 Å². The molecule has 0 fully saturated rings. The summed E-state index contributed by atoms with van der Waals surface area (Å²) in [6.45, 7) is 1.91. The van der Waals surface area contributed by atoms with Gasteiger partial charge in [-0.1, -0.05) is 56.8 Å². The molecule has 33 heavy (non-hydrogen) atoms. The van der Waals surface area contributed by atoms with Gasteiger partial charge in [0, 0.05) is 30.7 Å². The molecule has 3 aromatic carbocycles. The molecule has 0 saturated heterocycles. The fourth-order valence-electron chi connectivity index (χ4n) is 3.13. The summed E-state index contributed by atoms with van der Waals surface area (Å²) in [6.07, 6.45) is 1.51. The van der Waals surface area contributed by atoms with Crippen molar-refractivity contribution in [3.63, 3.8) is 0 Å². The Morgan fingerprint density at radius 2 is 1.85 bits per heavy atom. The third-order valence-electron chi connectivity index (χ3n) is 4.71. The summed E-state index contributed by atoms with van der Waals surface area (Å²) in [5, 5.41) is 6.35. The van der Waals surface area contributed by atoms with Crippen LogP contribution in [-0.4, -0.2) is 15.9 Å². The first-order valence-corrected chi connectivity index (χ1v) is 12.2. The number of halogens is 5. The lowest BCUT2D eigenvalue weighted by Gasteiger charge is -2.13. The average Bonchev–Trinajstić information content (AvgIpc) is 2.74. The highest BCUT2D eigenvalue weighted by Gasteiger charge is 2.13. The van der Waals surface area contributed by atoms with Crippen LogP contribution in [-0.2, 0) is 6.61 Å². The van der Waals surface area contributed by atoms with Gasteiger partial charge in [0.15, 0.2) is 0 Å². The smallest absolute Gasteiger partial charge is 0.282 e. The van der Waals surface area contributed by atoms with Crippen molar-refractivity contribution in [2.75, 3.05) is 0 Å². The molecule has 0 bridgehead atoms. The van der Waals surface area contributed by atoms with E-state index in [9.17, 15) is 4.79 Å². The van der Waals surface area contributed by atoms with E-state index in [0.29, 0.717) is 47.6 Å². The van der Waals surface area contributed by atoms with Gasteiger partial charge >= 0.3 is 0 Å². The van der Waals surface area contributed by atoms with Crippen LogP contribution in [0, 0.1) is 6.92 Å². The number of hydrogen-bond donors (Lipinski definition) is 0. The zero-order chi connectivity index (χ0) is 23.7. The van der Waals surface area contributed by atoms with E-state index in [1.165, 1.54) is 10.9 Å². The van der Waals surface area contributed by atoms with Crippen LogP contribution in [0.2, 0.25) is 15.1 Å². The van der Waals surface area contributed by atoms with Gasteiger partial charge in [-0.3, -0.25) is 4.79 Å². The van der Waals surface area contributed by atoms with Crippen molar-refractivity contribution in [2.24, 2.45) is 5.10 Å². The lowest BCUT2D eigenvalue weighted by Crippen LogP contribution is -2.20. The summed E-state index contributed by atoms with van der Waals surface area (Å²) < 4.78 is 8.68. The average molecular weight is 631 g/mol. The molecule has 0 aliphatic carbocycles. The van der Waals surface area contributed by atoms with Crippen LogP contribution in [0.5, 0.6) is 5.75 Å². The molecule has 0 unspecified atom stereocenters. The molecule has 0 spiro atoms. The summed E-state index contributed by atoms with van der Waals surface area (Å²) in [5.74, 6) is 0.943. The predicted octanol–water partition coefficient (Wildman–Crippen LogP) is 7.65. The van der Waals surface area contributed by atoms with Crippen LogP contribution in [0.3, 0.4) is 0 Å². The Bertz CT molecular complexity index is 1470. The first-order valence-electron chi connectivity index (χ1n) is 9.52. The molecular weight excluding hydrogens is 616 g/mol. The first kappa shape index (κ1) is 24.2. The maximum absolute atomic E-state index is 13.0. The lowest BCUT2D eigenvalue weighted by molar-refractivity contribution is 0.304. The Kier molecular flexibility index (Phi) is 7.46. The third-order valence-corrected chi connectivity index (χ3v) is 6.59. The minimum Gasteiger partial charge on any atom is -0.487 e. The highest BCUT2D eigenvalue weighted by molar-refractivity contribution is 9.10. The quantitative estimate of drug-likeness (QED) is 0.213. The topological polar surface area (TPSA) is 56.5 Å². The number of nitrogens with zero attached hydrogens (tertiary/aromatic N) is 3. The van der Waals surface area contributed by atoms with Crippen molar-refractivity contribution in [1.82, 2.24) is 9.66 Å². The maximum atomic E-state index is 13.0. The normalized spacial score (nSPS) is 11.5. The lowest BCUT2D eigenvalue weighted by atomic mass is 10.2. The molecule has 0 aliphatic rings. The van der Waals surface area contributed by atoms with Gasteiger partial charge in [-0.05, 0) is 65.3 Å². The molecule has 0 amide bonds. The third kappa shape index (κ3) is 5.44. The molecule has 5 nitrogen and oxygen atoms in total. The number of aromatic nitrogens is 2. The minimum absolute atomic E-state index is 0.196. The first-order chi connectivity index (χ1) is 15.7. The van der Waals surface area contributed by atoms with Crippen molar-refractivity contribution in [3.05, 3.63) is 99.8 Å². The Labute approximate surface area is 221 Å². The fourth-order valence-corrected chi connectivity index (χ4v) is 4.91. The molecule has 1 aromatic heterocycles. The minimum atomic E-state index is -0.286. The zero-order valence-corrected chi connectivity index (χ0v) is 22.4. The van der Waals surface area contributed by atoms with Crippen LogP contribution in [0.4, 0.5) is 0 Å². The van der Waals surface area contributed by atoms with Crippen molar-refractivity contribution >= 4 is 83.8 Å². The summed E-state index contributed by atoms with van der Waals surface area (Å²) in [5.41, 5.74) is 1.65. The van der Waals surface area contributed by atoms with E-state index >= 15 is 0 Å². The number of aryl methyl sites for hydroxylation is 1. The zero-order valence-electron chi connectivity index (χ0n) is 17.0. The molecule has 0 N–H and O–H groups in total. The molecule has 1 heterocycles. The molecule has 4 rings (SSSR count). The molecule has 0 saturated carbocycles. The van der Waals surface area contributed by atoms with Gasteiger partial charge in [0.05, 0.1) is 21.6 Å². The van der Waals surface area contributed by atoms with E-state index in [2.05, 4.69) is 41.9 Å². The van der Waals surface area contributed by atoms with Gasteiger partial charge in [-0.25, -0.2) is 4.98 Å². The second-order valence-corrected chi connectivity index (χ2v) is 10.1. The van der Waals surface area contributed by atoms with E-state index in [1.54, 1.807) is 49.4 Å². The van der Waals surface area contributed by atoms with Gasteiger partial charge in [-0.15, -0.1) is 0 Å². The largest absolute Gasteiger partial charge is 0.487 e. The number of benzene rings is 3. The Hall–Kier alpha value is -1.90. The van der Waals surface area contributed by atoms with Crippen molar-refractivity contribution in [2.45, 2.75) is 13.5 Å². The Morgan fingerprint density at radius 1 is 1.06 bits per heavy atom. The van der Waals surface area contributed by atoms with Crippen molar-refractivity contribution < 1.29 is 4.74 Å². The molecule has 168 valence electrons. The van der Waals surface area contributed by atoms with E-state index in [-0.39, 0.29) is 12.2 Å². The summed E-state index contributed by atoms with van der Waals surface area (Å²) in [6, 6.07) is 13.9. The van der Waals surface area contributed by atoms with Crippen molar-refractivity contribution in [3.8, 4) is 5.75 Å². The maximum Gasteiger partial charge on any atom is 0.282 e. The predicted molar refractivity (Wildman–Crippen MR) is 141 cm³/mol. The molecule has 10 heteroatoms. The Balaban J connectivity index is 1.72. The Morgan fingerprint density at radius 3 is 2.61 bits per heavy atom. The highest BCUT2D eigenvalue weighted by Crippen LogP contribution is 2.33. The fraction of sp³-hybridized carbons (Fsp3) is 0.0870. The van der Waals surface area contributed by atoms with Gasteiger partial charge < -0.3 is 4.74 Å². The number of rotatable bonds is 5. The number of ether oxygens (including phenoxy) is 1. The number of fused-ring (bicyclic) bond motifs is 1. The van der Waals surface area contributed by atoms with Gasteiger partial charge in [0.25, 0.3) is 5.56 Å². The van der Waals surface area contributed by atoms with E-state index in [1.807, 2.05) is 6.07 Å². The standard InChI is InChI=1S/C23H14Br2Cl3N3O2/c1-12-30-21-5-3-15(24)7-18(21)23(32)31(12)29-10-14-6-17(27)8-19(25)22(14)33-11-13-2-4-16(26)9-20(13)28/h2-10H,11H2,1H3. The summed E-state index contributed by atoms with van der Waals surface area (Å²) in [4.78, 5) is 17.5. The van der Waals surface area contributed by atoms with Gasteiger partial charge in [0.1, 0.15) is 18.2 Å². The van der Waals surface area contributed by atoms with Crippen LogP contribution >= 0.6 is 66.7 Å². The second-order valence-electron chi connectivity index (χ2n) is 7.01. The highest BCUT2D eigenvalue weighted by atomic mass is 79.9. The monoisotopic (exact) mass is 627 g/mol. The van der Waals surface area contributed by atoms with Crippen LogP contribution in [0.1, 0.15) is 17.0 Å². The SMILES string of the molecule is Cc1nc2ccc(Br)cc2c(=O)n1N=Cc1cc(Cl)cc(Br)c1OCc1ccc(Cl)cc1Cl. The van der Waals surface area contributed by atoms with Gasteiger partial charge in [-0.2, -0.15) is 9.78 Å². The van der Waals surface area contributed by atoms with Gasteiger partial charge in [0.2, 0.25) is 0 Å². The van der Waals surface area contributed by atoms with E-state index < -0.39 is 0 Å². The molecule has 4 aromatic rings. The molecule has 0 aliphatic heterocycles. The van der Waals surface area contributed by atoms with Crippen molar-refractivity contribution in [1.29, 1.82) is 0 Å². The molecule has 0 atom stereocenters. The summed E-state index contributed by atoms with van der Waals surface area (Å²) >= 11 is 25.4. The molecular formula is C23H14Br2Cl3N3O2. The van der Waals surface area contributed by atoms with E-state index in [0.717, 1.165) is 10.0 Å². The number of hydrogen-bond acceptors (Lipinski definition) is 4. The van der Waals surface area contributed by atoms with Crippen LogP contribution in [0.25, 0.3) is 10.9 Å².